The predicted molar refractivity (Wildman–Crippen MR) is 155 cm³/mol. The molecule has 204 valence electrons. The lowest BCUT2D eigenvalue weighted by atomic mass is 10.2. The molecule has 0 saturated carbocycles. The molecule has 0 bridgehead atoms. The second kappa shape index (κ2) is 13.0. The maximum atomic E-state index is 13.6. The minimum absolute atomic E-state index is 0.00427. The van der Waals surface area contributed by atoms with Gasteiger partial charge in [-0.25, -0.2) is 8.42 Å². The molecule has 0 aliphatic heterocycles. The number of amides is 1. The van der Waals surface area contributed by atoms with Gasteiger partial charge in [-0.3, -0.25) is 4.79 Å². The summed E-state index contributed by atoms with van der Waals surface area (Å²) in [6.07, 6.45) is 1.32. The highest BCUT2D eigenvalue weighted by Crippen LogP contribution is 2.27. The van der Waals surface area contributed by atoms with E-state index in [-0.39, 0.29) is 35.9 Å². The van der Waals surface area contributed by atoms with Crippen molar-refractivity contribution in [2.24, 2.45) is 0 Å². The Hall–Kier alpha value is -3.87. The number of furan rings is 1. The largest absolute Gasteiger partial charge is 0.460 e. The summed E-state index contributed by atoms with van der Waals surface area (Å²) in [4.78, 5) is 12.7. The molecule has 0 aliphatic rings. The number of hydrogen-bond donors (Lipinski definition) is 1. The van der Waals surface area contributed by atoms with Crippen LogP contribution in [0.3, 0.4) is 0 Å². The van der Waals surface area contributed by atoms with Gasteiger partial charge in [0.05, 0.1) is 21.5 Å². The second-order valence-corrected chi connectivity index (χ2v) is 11.7. The van der Waals surface area contributed by atoms with Crippen LogP contribution in [-0.2, 0) is 34.5 Å². The van der Waals surface area contributed by atoms with Crippen molar-refractivity contribution in [3.63, 3.8) is 0 Å². The van der Waals surface area contributed by atoms with Gasteiger partial charge in [0, 0.05) is 19.2 Å². The lowest BCUT2D eigenvalue weighted by Gasteiger charge is -2.22. The standard InChI is InChI=1S/C30H25Cl2N3O4S/c1-21-7-12-27(13-8-21)40(37,38)35(19-23-9-14-28(31)29(32)15-23)20-26-11-10-25(39-26)16-24(17-33)30(36)34-18-22-5-3-2-4-6-22/h2-16H,18-20H2,1H3,(H,34,36)/b24-16-. The molecular formula is C30H25Cl2N3O4S. The van der Waals surface area contributed by atoms with Crippen LogP contribution in [0.1, 0.15) is 28.2 Å². The molecule has 0 unspecified atom stereocenters. The predicted octanol–water partition coefficient (Wildman–Crippen LogP) is 6.51. The third kappa shape index (κ3) is 7.40. The number of rotatable bonds is 10. The van der Waals surface area contributed by atoms with Crippen LogP contribution in [0.25, 0.3) is 6.08 Å². The fourth-order valence-electron chi connectivity index (χ4n) is 3.82. The molecule has 40 heavy (non-hydrogen) atoms. The van der Waals surface area contributed by atoms with E-state index in [0.29, 0.717) is 21.4 Å². The van der Waals surface area contributed by atoms with Crippen LogP contribution in [0.2, 0.25) is 10.0 Å². The van der Waals surface area contributed by atoms with E-state index < -0.39 is 15.9 Å². The smallest absolute Gasteiger partial charge is 0.262 e. The highest BCUT2D eigenvalue weighted by Gasteiger charge is 2.26. The number of sulfonamides is 1. The van der Waals surface area contributed by atoms with Gasteiger partial charge in [0.2, 0.25) is 10.0 Å². The lowest BCUT2D eigenvalue weighted by Crippen LogP contribution is -2.30. The molecule has 7 nitrogen and oxygen atoms in total. The molecule has 1 amide bonds. The SMILES string of the molecule is Cc1ccc(S(=O)(=O)N(Cc2ccc(Cl)c(Cl)c2)Cc2ccc(/C=C(/C#N)C(=O)NCc3ccccc3)o2)cc1. The summed E-state index contributed by atoms with van der Waals surface area (Å²) in [6.45, 7) is 2.04. The maximum absolute atomic E-state index is 13.6. The lowest BCUT2D eigenvalue weighted by molar-refractivity contribution is -0.117. The number of nitrogens with one attached hydrogen (secondary N) is 1. The van der Waals surface area contributed by atoms with Gasteiger partial charge in [-0.2, -0.15) is 9.57 Å². The van der Waals surface area contributed by atoms with Gasteiger partial charge in [-0.05, 0) is 54.4 Å². The summed E-state index contributed by atoms with van der Waals surface area (Å²) in [6, 6.07) is 25.9. The van der Waals surface area contributed by atoms with E-state index in [1.807, 2.05) is 43.3 Å². The van der Waals surface area contributed by atoms with Crippen molar-refractivity contribution in [2.45, 2.75) is 31.5 Å². The number of carbonyl (C=O) groups excluding carboxylic acids is 1. The van der Waals surface area contributed by atoms with Crippen LogP contribution in [0.5, 0.6) is 0 Å². The van der Waals surface area contributed by atoms with Gasteiger partial charge >= 0.3 is 0 Å². The number of nitriles is 1. The Morgan fingerprint density at radius 3 is 2.35 bits per heavy atom. The topological polar surface area (TPSA) is 103 Å². The summed E-state index contributed by atoms with van der Waals surface area (Å²) in [5, 5.41) is 12.9. The van der Waals surface area contributed by atoms with Crippen molar-refractivity contribution >= 4 is 45.2 Å². The Morgan fingerprint density at radius 2 is 1.68 bits per heavy atom. The normalized spacial score (nSPS) is 11.8. The van der Waals surface area contributed by atoms with Crippen molar-refractivity contribution in [1.29, 1.82) is 5.26 Å². The average Bonchev–Trinajstić information content (AvgIpc) is 3.39. The molecule has 0 radical (unpaired) electrons. The molecule has 1 aromatic heterocycles. The van der Waals surface area contributed by atoms with E-state index in [1.54, 1.807) is 54.6 Å². The van der Waals surface area contributed by atoms with E-state index in [2.05, 4.69) is 5.32 Å². The Labute approximate surface area is 243 Å². The highest BCUT2D eigenvalue weighted by molar-refractivity contribution is 7.89. The zero-order chi connectivity index (χ0) is 28.7. The van der Waals surface area contributed by atoms with Gasteiger partial charge in [0.25, 0.3) is 5.91 Å². The van der Waals surface area contributed by atoms with Crippen molar-refractivity contribution in [3.8, 4) is 6.07 Å². The number of halogens is 2. The summed E-state index contributed by atoms with van der Waals surface area (Å²) in [5.74, 6) is 0.0140. The van der Waals surface area contributed by atoms with Crippen molar-refractivity contribution in [2.75, 3.05) is 0 Å². The Balaban J connectivity index is 1.56. The van der Waals surface area contributed by atoms with Crippen molar-refractivity contribution in [1.82, 2.24) is 9.62 Å². The van der Waals surface area contributed by atoms with Crippen LogP contribution in [0.15, 0.2) is 99.8 Å². The fourth-order valence-corrected chi connectivity index (χ4v) is 5.54. The minimum atomic E-state index is -3.94. The van der Waals surface area contributed by atoms with Crippen LogP contribution in [0.4, 0.5) is 0 Å². The van der Waals surface area contributed by atoms with Crippen LogP contribution in [0, 0.1) is 18.3 Å². The number of nitrogens with zero attached hydrogens (tertiary/aromatic N) is 2. The Morgan fingerprint density at radius 1 is 0.950 bits per heavy atom. The molecule has 10 heteroatoms. The van der Waals surface area contributed by atoms with E-state index in [4.69, 9.17) is 27.6 Å². The van der Waals surface area contributed by atoms with E-state index >= 15 is 0 Å². The Bertz CT molecular complexity index is 1680. The molecule has 4 aromatic rings. The van der Waals surface area contributed by atoms with Crippen molar-refractivity contribution in [3.05, 3.63) is 129 Å². The molecule has 0 saturated heterocycles. The number of benzene rings is 3. The maximum Gasteiger partial charge on any atom is 0.262 e. The quantitative estimate of drug-likeness (QED) is 0.167. The molecule has 0 atom stereocenters. The third-order valence-electron chi connectivity index (χ3n) is 5.96. The van der Waals surface area contributed by atoms with Crippen LogP contribution in [-0.4, -0.2) is 18.6 Å². The molecular weight excluding hydrogens is 569 g/mol. The van der Waals surface area contributed by atoms with Crippen LogP contribution < -0.4 is 5.32 Å². The molecule has 0 spiro atoms. The summed E-state index contributed by atoms with van der Waals surface area (Å²) in [7, 11) is -3.94. The van der Waals surface area contributed by atoms with Crippen LogP contribution >= 0.6 is 23.2 Å². The number of hydrogen-bond acceptors (Lipinski definition) is 5. The first-order valence-corrected chi connectivity index (χ1v) is 14.4. The van der Waals surface area contributed by atoms with E-state index in [1.165, 1.54) is 10.4 Å². The summed E-state index contributed by atoms with van der Waals surface area (Å²) >= 11 is 12.2. The molecule has 0 fully saturated rings. The average molecular weight is 595 g/mol. The number of aryl methyl sites for hydroxylation is 1. The first-order valence-electron chi connectivity index (χ1n) is 12.2. The van der Waals surface area contributed by atoms with E-state index in [0.717, 1.165) is 11.1 Å². The molecule has 1 heterocycles. The Kier molecular flexibility index (Phi) is 9.46. The van der Waals surface area contributed by atoms with Gasteiger partial charge < -0.3 is 9.73 Å². The third-order valence-corrected chi connectivity index (χ3v) is 8.51. The van der Waals surface area contributed by atoms with Gasteiger partial charge in [0.1, 0.15) is 23.2 Å². The minimum Gasteiger partial charge on any atom is -0.460 e. The highest BCUT2D eigenvalue weighted by atomic mass is 35.5. The number of carbonyl (C=O) groups is 1. The van der Waals surface area contributed by atoms with Gasteiger partial charge in [-0.15, -0.1) is 0 Å². The summed E-state index contributed by atoms with van der Waals surface area (Å²) < 4.78 is 34.4. The molecule has 3 aromatic carbocycles. The zero-order valence-corrected chi connectivity index (χ0v) is 23.8. The molecule has 0 aliphatic carbocycles. The second-order valence-electron chi connectivity index (χ2n) is 8.98. The zero-order valence-electron chi connectivity index (χ0n) is 21.5. The van der Waals surface area contributed by atoms with Crippen molar-refractivity contribution < 1.29 is 17.6 Å². The summed E-state index contributed by atoms with van der Waals surface area (Å²) in [5.41, 5.74) is 2.32. The van der Waals surface area contributed by atoms with Gasteiger partial charge in [-0.1, -0.05) is 77.3 Å². The first-order chi connectivity index (χ1) is 19.2. The molecule has 1 N–H and O–H groups in total. The van der Waals surface area contributed by atoms with Gasteiger partial charge in [0.15, 0.2) is 0 Å². The monoisotopic (exact) mass is 593 g/mol. The van der Waals surface area contributed by atoms with E-state index in [9.17, 15) is 18.5 Å². The fraction of sp³-hybridized carbons (Fsp3) is 0.133. The molecule has 4 rings (SSSR count). The first kappa shape index (κ1) is 29.1.